The second-order valence-electron chi connectivity index (χ2n) is 3.16. The van der Waals surface area contributed by atoms with Crippen LogP contribution in [0.4, 0.5) is 11.4 Å². The Morgan fingerprint density at radius 3 is 3.08 bits per heavy atom. The highest BCUT2D eigenvalue weighted by Crippen LogP contribution is 2.35. The summed E-state index contributed by atoms with van der Waals surface area (Å²) < 4.78 is 0. The van der Waals surface area contributed by atoms with Crippen LogP contribution in [-0.4, -0.2) is 6.67 Å². The summed E-state index contributed by atoms with van der Waals surface area (Å²) in [5, 5.41) is 4.02. The molecule has 0 saturated heterocycles. The molecule has 0 amide bonds. The number of fused-ring (bicyclic) bond motifs is 1. The molecular weight excluding hydrogens is 184 g/mol. The fraction of sp³-hybridized carbons (Fsp3) is 0.200. The topological polar surface area (TPSA) is 15.3 Å². The van der Waals surface area contributed by atoms with Gasteiger partial charge in [-0.2, -0.15) is 0 Å². The number of halogens is 1. The van der Waals surface area contributed by atoms with Crippen molar-refractivity contribution in [1.29, 1.82) is 0 Å². The Kier molecular flexibility index (Phi) is 1.93. The highest BCUT2D eigenvalue weighted by molar-refractivity contribution is 6.31. The van der Waals surface area contributed by atoms with E-state index in [1.807, 2.05) is 25.1 Å². The minimum Gasteiger partial charge on any atom is -0.366 e. The van der Waals surface area contributed by atoms with Gasteiger partial charge in [0, 0.05) is 10.7 Å². The van der Waals surface area contributed by atoms with Gasteiger partial charge in [0.1, 0.15) is 0 Å². The van der Waals surface area contributed by atoms with Gasteiger partial charge < -0.3 is 10.2 Å². The lowest BCUT2D eigenvalue weighted by Crippen LogP contribution is -2.19. The van der Waals surface area contributed by atoms with Gasteiger partial charge in [-0.25, -0.2) is 0 Å². The van der Waals surface area contributed by atoms with E-state index in [1.54, 1.807) is 0 Å². The van der Waals surface area contributed by atoms with E-state index in [9.17, 15) is 0 Å². The third kappa shape index (κ3) is 1.38. The first-order chi connectivity index (χ1) is 6.18. The lowest BCUT2D eigenvalue weighted by molar-refractivity contribution is 1.02. The Labute approximate surface area is 82.8 Å². The molecule has 0 unspecified atom stereocenters. The van der Waals surface area contributed by atoms with Crippen molar-refractivity contribution in [3.63, 3.8) is 0 Å². The molecule has 13 heavy (non-hydrogen) atoms. The van der Waals surface area contributed by atoms with Gasteiger partial charge in [0.2, 0.25) is 0 Å². The maximum Gasteiger partial charge on any atom is 0.0923 e. The van der Waals surface area contributed by atoms with Gasteiger partial charge in [-0.1, -0.05) is 18.2 Å². The zero-order chi connectivity index (χ0) is 9.42. The molecule has 0 aromatic heterocycles. The van der Waals surface area contributed by atoms with Crippen molar-refractivity contribution in [3.05, 3.63) is 35.5 Å². The summed E-state index contributed by atoms with van der Waals surface area (Å²) in [4.78, 5) is 2.10. The van der Waals surface area contributed by atoms with E-state index in [0.29, 0.717) is 0 Å². The first kappa shape index (κ1) is 8.45. The molecule has 0 bridgehead atoms. The number of hydrogen-bond donors (Lipinski definition) is 1. The molecule has 1 N–H and O–H groups in total. The molecule has 0 saturated carbocycles. The molecular formula is C10H11ClN2. The molecule has 1 aliphatic rings. The number of rotatable bonds is 1. The van der Waals surface area contributed by atoms with E-state index < -0.39 is 0 Å². The third-order valence-electron chi connectivity index (χ3n) is 2.14. The van der Waals surface area contributed by atoms with Crippen LogP contribution in [0.3, 0.4) is 0 Å². The maximum absolute atomic E-state index is 5.91. The van der Waals surface area contributed by atoms with Crippen molar-refractivity contribution in [2.24, 2.45) is 0 Å². The number of nitrogens with one attached hydrogen (secondary N) is 1. The normalized spacial score (nSPS) is 13.8. The molecule has 0 aliphatic carbocycles. The van der Waals surface area contributed by atoms with Crippen molar-refractivity contribution in [1.82, 2.24) is 0 Å². The molecule has 1 aliphatic heterocycles. The monoisotopic (exact) mass is 194 g/mol. The van der Waals surface area contributed by atoms with E-state index in [2.05, 4.69) is 16.8 Å². The highest BCUT2D eigenvalue weighted by atomic mass is 35.5. The molecule has 2 rings (SSSR count). The number of anilines is 2. The molecule has 1 aromatic carbocycles. The van der Waals surface area contributed by atoms with E-state index in [0.717, 1.165) is 28.8 Å². The van der Waals surface area contributed by atoms with Crippen molar-refractivity contribution in [2.45, 2.75) is 6.92 Å². The zero-order valence-corrected chi connectivity index (χ0v) is 8.23. The van der Waals surface area contributed by atoms with Crippen LogP contribution in [0, 0.1) is 0 Å². The van der Waals surface area contributed by atoms with Gasteiger partial charge in [0.15, 0.2) is 0 Å². The molecule has 2 nitrogen and oxygen atoms in total. The molecule has 1 aromatic rings. The van der Waals surface area contributed by atoms with Crippen LogP contribution in [0.25, 0.3) is 0 Å². The maximum atomic E-state index is 5.91. The van der Waals surface area contributed by atoms with Crippen LogP contribution in [0.2, 0.25) is 5.02 Å². The number of hydrogen-bond acceptors (Lipinski definition) is 2. The number of nitrogens with zero attached hydrogens (tertiary/aromatic N) is 1. The first-order valence-electron chi connectivity index (χ1n) is 4.15. The Hall–Kier alpha value is -1.15. The average Bonchev–Trinajstić information content (AvgIpc) is 2.46. The molecule has 0 spiro atoms. The van der Waals surface area contributed by atoms with Crippen molar-refractivity contribution < 1.29 is 0 Å². The SMILES string of the molecule is C=C(C)N1CNc2ccc(Cl)cc21. The summed E-state index contributed by atoms with van der Waals surface area (Å²) in [6.45, 7) is 6.68. The lowest BCUT2D eigenvalue weighted by atomic mass is 10.2. The molecule has 0 fully saturated rings. The van der Waals surface area contributed by atoms with Crippen LogP contribution >= 0.6 is 11.6 Å². The van der Waals surface area contributed by atoms with Crippen molar-refractivity contribution >= 4 is 23.0 Å². The average molecular weight is 195 g/mol. The smallest absolute Gasteiger partial charge is 0.0923 e. The van der Waals surface area contributed by atoms with E-state index in [1.165, 1.54) is 0 Å². The molecule has 68 valence electrons. The summed E-state index contributed by atoms with van der Waals surface area (Å²) >= 11 is 5.91. The standard InChI is InChI=1S/C10H11ClN2/c1-7(2)13-6-12-9-4-3-8(11)5-10(9)13/h3-5,12H,1,6H2,2H3. The van der Waals surface area contributed by atoms with E-state index in [4.69, 9.17) is 11.6 Å². The van der Waals surface area contributed by atoms with Crippen molar-refractivity contribution in [2.75, 3.05) is 16.9 Å². The molecule has 1 heterocycles. The van der Waals surface area contributed by atoms with E-state index >= 15 is 0 Å². The highest BCUT2D eigenvalue weighted by Gasteiger charge is 2.18. The molecule has 0 atom stereocenters. The van der Waals surface area contributed by atoms with Crippen LogP contribution in [0.5, 0.6) is 0 Å². The van der Waals surface area contributed by atoms with Crippen LogP contribution in [0.1, 0.15) is 6.92 Å². The zero-order valence-electron chi connectivity index (χ0n) is 7.47. The van der Waals surface area contributed by atoms with Gasteiger partial charge in [-0.3, -0.25) is 0 Å². The van der Waals surface area contributed by atoms with Gasteiger partial charge in [-0.05, 0) is 25.1 Å². The Bertz CT molecular complexity index is 360. The summed E-state index contributed by atoms with van der Waals surface area (Å²) in [5.74, 6) is 0. The fourth-order valence-electron chi connectivity index (χ4n) is 1.47. The summed E-state index contributed by atoms with van der Waals surface area (Å²) in [6.07, 6.45) is 0. The number of allylic oxidation sites excluding steroid dienone is 1. The lowest BCUT2D eigenvalue weighted by Gasteiger charge is -2.17. The summed E-state index contributed by atoms with van der Waals surface area (Å²) in [7, 11) is 0. The predicted octanol–water partition coefficient (Wildman–Crippen LogP) is 3.06. The van der Waals surface area contributed by atoms with Gasteiger partial charge >= 0.3 is 0 Å². The minimum atomic E-state index is 0.758. The Morgan fingerprint density at radius 2 is 2.38 bits per heavy atom. The van der Waals surface area contributed by atoms with Gasteiger partial charge in [-0.15, -0.1) is 0 Å². The van der Waals surface area contributed by atoms with Gasteiger partial charge in [0.05, 0.1) is 18.0 Å². The largest absolute Gasteiger partial charge is 0.366 e. The predicted molar refractivity (Wildman–Crippen MR) is 57.2 cm³/mol. The molecule has 0 radical (unpaired) electrons. The minimum absolute atomic E-state index is 0.758. The fourth-order valence-corrected chi connectivity index (χ4v) is 1.63. The summed E-state index contributed by atoms with van der Waals surface area (Å²) in [5.41, 5.74) is 3.25. The Morgan fingerprint density at radius 1 is 1.62 bits per heavy atom. The Balaban J connectivity index is 2.46. The first-order valence-corrected chi connectivity index (χ1v) is 4.53. The van der Waals surface area contributed by atoms with Gasteiger partial charge in [0.25, 0.3) is 0 Å². The second kappa shape index (κ2) is 2.96. The molecule has 3 heteroatoms. The second-order valence-corrected chi connectivity index (χ2v) is 3.60. The summed E-state index contributed by atoms with van der Waals surface area (Å²) in [6, 6.07) is 5.82. The van der Waals surface area contributed by atoms with E-state index in [-0.39, 0.29) is 0 Å². The third-order valence-corrected chi connectivity index (χ3v) is 2.37. The van der Waals surface area contributed by atoms with Crippen LogP contribution in [0.15, 0.2) is 30.5 Å². The van der Waals surface area contributed by atoms with Crippen molar-refractivity contribution in [3.8, 4) is 0 Å². The number of benzene rings is 1. The van der Waals surface area contributed by atoms with Crippen LogP contribution < -0.4 is 10.2 Å². The van der Waals surface area contributed by atoms with Crippen LogP contribution in [-0.2, 0) is 0 Å². The quantitative estimate of drug-likeness (QED) is 0.739.